The number of aromatic nitrogens is 2. The van der Waals surface area contributed by atoms with Gasteiger partial charge in [0.05, 0.1) is 11.7 Å². The van der Waals surface area contributed by atoms with Crippen LogP contribution in [0.5, 0.6) is 0 Å². The van der Waals surface area contributed by atoms with Gasteiger partial charge in [-0.1, -0.05) is 72.3 Å². The molecule has 132 valence electrons. The van der Waals surface area contributed by atoms with Gasteiger partial charge in [-0.15, -0.1) is 0 Å². The average molecular weight is 374 g/mol. The van der Waals surface area contributed by atoms with Gasteiger partial charge in [-0.05, 0) is 29.1 Å². The first kappa shape index (κ1) is 17.2. The molecule has 4 nitrogen and oxygen atoms in total. The maximum absolute atomic E-state index is 12.9. The molecule has 1 amide bonds. The van der Waals surface area contributed by atoms with E-state index in [1.54, 1.807) is 12.3 Å². The van der Waals surface area contributed by atoms with Crippen molar-refractivity contribution in [1.82, 2.24) is 15.3 Å². The molecule has 0 aliphatic carbocycles. The highest BCUT2D eigenvalue weighted by Gasteiger charge is 2.20. The molecule has 0 aliphatic rings. The van der Waals surface area contributed by atoms with Crippen molar-refractivity contribution in [1.29, 1.82) is 0 Å². The van der Waals surface area contributed by atoms with E-state index in [9.17, 15) is 4.79 Å². The van der Waals surface area contributed by atoms with Crippen molar-refractivity contribution < 1.29 is 4.79 Å². The lowest BCUT2D eigenvalue weighted by Crippen LogP contribution is -2.30. The second-order valence-corrected chi connectivity index (χ2v) is 6.45. The fourth-order valence-electron chi connectivity index (χ4n) is 3.00. The third kappa shape index (κ3) is 3.66. The van der Waals surface area contributed by atoms with E-state index in [1.165, 1.54) is 0 Å². The van der Waals surface area contributed by atoms with Crippen molar-refractivity contribution in [2.45, 2.75) is 6.04 Å². The highest BCUT2D eigenvalue weighted by molar-refractivity contribution is 6.34. The van der Waals surface area contributed by atoms with Gasteiger partial charge in [0.25, 0.3) is 5.91 Å². The zero-order chi connectivity index (χ0) is 18.6. The monoisotopic (exact) mass is 373 g/mol. The Balaban J connectivity index is 1.70. The lowest BCUT2D eigenvalue weighted by atomic mass is 10.0. The maximum Gasteiger partial charge on any atom is 0.270 e. The lowest BCUT2D eigenvalue weighted by molar-refractivity contribution is 0.0937. The zero-order valence-corrected chi connectivity index (χ0v) is 15.1. The van der Waals surface area contributed by atoms with Crippen LogP contribution in [-0.4, -0.2) is 15.9 Å². The van der Waals surface area contributed by atoms with E-state index in [-0.39, 0.29) is 17.6 Å². The normalized spacial score (nSPS) is 11.9. The number of hydrogen-bond donors (Lipinski definition) is 1. The van der Waals surface area contributed by atoms with E-state index in [0.717, 1.165) is 22.0 Å². The number of rotatable bonds is 4. The quantitative estimate of drug-likeness (QED) is 0.522. The van der Waals surface area contributed by atoms with Crippen molar-refractivity contribution in [3.63, 3.8) is 0 Å². The summed E-state index contributed by atoms with van der Waals surface area (Å²) in [7, 11) is 0. The molecule has 0 radical (unpaired) electrons. The molecular formula is C22H16ClN3O. The number of fused-ring (bicyclic) bond motifs is 1. The van der Waals surface area contributed by atoms with Crippen LogP contribution >= 0.6 is 11.6 Å². The van der Waals surface area contributed by atoms with Crippen LogP contribution < -0.4 is 5.32 Å². The number of nitrogens with one attached hydrogen (secondary N) is 1. The molecule has 0 spiro atoms. The van der Waals surface area contributed by atoms with E-state index in [1.807, 2.05) is 72.8 Å². The summed E-state index contributed by atoms with van der Waals surface area (Å²) < 4.78 is 0. The third-order valence-electron chi connectivity index (χ3n) is 4.32. The van der Waals surface area contributed by atoms with Crippen molar-refractivity contribution in [3.8, 4) is 0 Å². The van der Waals surface area contributed by atoms with Crippen molar-refractivity contribution >= 4 is 28.3 Å². The second kappa shape index (κ2) is 7.56. The Morgan fingerprint density at radius 3 is 2.44 bits per heavy atom. The molecule has 0 aliphatic heterocycles. The predicted octanol–water partition coefficient (Wildman–Crippen LogP) is 4.80. The van der Waals surface area contributed by atoms with Crippen LogP contribution in [0.15, 0.2) is 85.1 Å². The maximum atomic E-state index is 12.9. The number of hydrogen-bond acceptors (Lipinski definition) is 3. The van der Waals surface area contributed by atoms with Gasteiger partial charge in [0.2, 0.25) is 0 Å². The highest BCUT2D eigenvalue weighted by Crippen LogP contribution is 2.24. The molecule has 2 aromatic heterocycles. The average Bonchev–Trinajstić information content (AvgIpc) is 2.73. The van der Waals surface area contributed by atoms with E-state index in [2.05, 4.69) is 15.3 Å². The molecule has 27 heavy (non-hydrogen) atoms. The lowest BCUT2D eigenvalue weighted by Gasteiger charge is -2.19. The summed E-state index contributed by atoms with van der Waals surface area (Å²) in [5.74, 6) is -0.304. The molecule has 2 aromatic carbocycles. The van der Waals surface area contributed by atoms with E-state index in [4.69, 9.17) is 11.6 Å². The minimum atomic E-state index is -0.382. The van der Waals surface area contributed by atoms with Crippen LogP contribution in [0.4, 0.5) is 0 Å². The van der Waals surface area contributed by atoms with Gasteiger partial charge in [0.15, 0.2) is 0 Å². The molecule has 4 aromatic rings. The first-order valence-corrected chi connectivity index (χ1v) is 8.92. The fraction of sp³-hybridized carbons (Fsp3) is 0.0455. The van der Waals surface area contributed by atoms with Gasteiger partial charge in [0.1, 0.15) is 10.8 Å². The van der Waals surface area contributed by atoms with Gasteiger partial charge in [0, 0.05) is 11.6 Å². The largest absolute Gasteiger partial charge is 0.338 e. The Bertz CT molecular complexity index is 1040. The van der Waals surface area contributed by atoms with Gasteiger partial charge < -0.3 is 5.32 Å². The molecule has 1 unspecified atom stereocenters. The Morgan fingerprint density at radius 2 is 1.67 bits per heavy atom. The van der Waals surface area contributed by atoms with Gasteiger partial charge in [-0.2, -0.15) is 0 Å². The van der Waals surface area contributed by atoms with Crippen LogP contribution in [0, 0.1) is 0 Å². The summed E-state index contributed by atoms with van der Waals surface area (Å²) in [6.45, 7) is 0. The summed E-state index contributed by atoms with van der Waals surface area (Å²) in [5, 5.41) is 5.04. The molecule has 1 atom stereocenters. The second-order valence-electron chi connectivity index (χ2n) is 6.09. The van der Waals surface area contributed by atoms with Crippen molar-refractivity contribution in [2.75, 3.05) is 0 Å². The topological polar surface area (TPSA) is 54.9 Å². The fourth-order valence-corrected chi connectivity index (χ4v) is 3.26. The van der Waals surface area contributed by atoms with Gasteiger partial charge in [-0.25, -0.2) is 4.98 Å². The summed E-state index contributed by atoms with van der Waals surface area (Å²) >= 11 is 6.27. The van der Waals surface area contributed by atoms with Gasteiger partial charge >= 0.3 is 0 Å². The molecule has 0 saturated carbocycles. The molecule has 0 saturated heterocycles. The smallest absolute Gasteiger partial charge is 0.270 e. The summed E-state index contributed by atoms with van der Waals surface area (Å²) in [6, 6.07) is 24.3. The molecule has 5 heteroatoms. The van der Waals surface area contributed by atoms with Crippen molar-refractivity contribution in [2.24, 2.45) is 0 Å². The third-order valence-corrected chi connectivity index (χ3v) is 4.61. The highest BCUT2D eigenvalue weighted by atomic mass is 35.5. The van der Waals surface area contributed by atoms with Crippen LogP contribution in [0.25, 0.3) is 10.8 Å². The summed E-state index contributed by atoms with van der Waals surface area (Å²) in [5.41, 5.74) is 1.97. The van der Waals surface area contributed by atoms with Crippen LogP contribution in [0.3, 0.4) is 0 Å². The minimum Gasteiger partial charge on any atom is -0.338 e. The molecule has 0 fully saturated rings. The first-order valence-electron chi connectivity index (χ1n) is 8.54. The zero-order valence-electron chi connectivity index (χ0n) is 14.3. The number of carbonyl (C=O) groups is 1. The molecule has 1 N–H and O–H groups in total. The van der Waals surface area contributed by atoms with Crippen molar-refractivity contribution in [3.05, 3.63) is 107 Å². The number of halogens is 1. The Kier molecular flexibility index (Phi) is 4.81. The Labute approximate surface area is 161 Å². The number of amides is 1. The SMILES string of the molecule is O=C(NC(c1ccccc1)c1ccccn1)c1cc2ccccc2c(Cl)n1. The number of nitrogens with zero attached hydrogens (tertiary/aromatic N) is 2. The van der Waals surface area contributed by atoms with Crippen LogP contribution in [0.1, 0.15) is 27.8 Å². The van der Waals surface area contributed by atoms with Crippen LogP contribution in [0.2, 0.25) is 5.15 Å². The predicted molar refractivity (Wildman–Crippen MR) is 107 cm³/mol. The Hall–Kier alpha value is -3.24. The van der Waals surface area contributed by atoms with Crippen LogP contribution in [-0.2, 0) is 0 Å². The minimum absolute atomic E-state index is 0.274. The first-order chi connectivity index (χ1) is 13.2. The van der Waals surface area contributed by atoms with Gasteiger partial charge in [-0.3, -0.25) is 9.78 Å². The molecule has 0 bridgehead atoms. The van der Waals surface area contributed by atoms with E-state index in [0.29, 0.717) is 5.15 Å². The standard InChI is InChI=1S/C22H16ClN3O/c23-21-17-11-5-4-10-16(17)14-19(25-21)22(27)26-20(15-8-2-1-3-9-15)18-12-6-7-13-24-18/h1-14,20H,(H,26,27). The molecular weight excluding hydrogens is 358 g/mol. The number of benzene rings is 2. The number of pyridine rings is 2. The van der Waals surface area contributed by atoms with E-state index >= 15 is 0 Å². The summed E-state index contributed by atoms with van der Waals surface area (Å²) in [4.78, 5) is 21.6. The summed E-state index contributed by atoms with van der Waals surface area (Å²) in [6.07, 6.45) is 1.71. The molecule has 2 heterocycles. The number of carbonyl (C=O) groups excluding carboxylic acids is 1. The van der Waals surface area contributed by atoms with E-state index < -0.39 is 0 Å². The Morgan fingerprint density at radius 1 is 0.926 bits per heavy atom. The molecule has 4 rings (SSSR count).